The van der Waals surface area contributed by atoms with E-state index in [2.05, 4.69) is 27.4 Å². The van der Waals surface area contributed by atoms with E-state index in [1.54, 1.807) is 30.8 Å². The molecule has 0 aliphatic carbocycles. The third-order valence-electron chi connectivity index (χ3n) is 2.73. The van der Waals surface area contributed by atoms with Crippen molar-refractivity contribution in [3.05, 3.63) is 23.5 Å². The van der Waals surface area contributed by atoms with Crippen LogP contribution in [-0.4, -0.2) is 29.3 Å². The van der Waals surface area contributed by atoms with Gasteiger partial charge in [0.25, 0.3) is 0 Å². The number of ether oxygens (including phenoxy) is 1. The fourth-order valence-corrected chi connectivity index (χ4v) is 2.77. The van der Waals surface area contributed by atoms with Crippen LogP contribution in [0.25, 0.3) is 10.6 Å². The van der Waals surface area contributed by atoms with Gasteiger partial charge in [0.05, 0.1) is 24.9 Å². The lowest BCUT2D eigenvalue weighted by Crippen LogP contribution is -2.14. The summed E-state index contributed by atoms with van der Waals surface area (Å²) in [5.74, 6) is 0.720. The van der Waals surface area contributed by atoms with Gasteiger partial charge >= 0.3 is 0 Å². The fraction of sp³-hybridized carbons (Fsp3) is 0.417. The van der Waals surface area contributed by atoms with Crippen LogP contribution in [0.15, 0.2) is 18.5 Å². The van der Waals surface area contributed by atoms with Crippen molar-refractivity contribution >= 4 is 11.3 Å². The monoisotopic (exact) mass is 264 g/mol. The van der Waals surface area contributed by atoms with E-state index >= 15 is 0 Å². The third-order valence-corrected chi connectivity index (χ3v) is 3.80. The summed E-state index contributed by atoms with van der Waals surface area (Å²) in [6.45, 7) is 2.12. The van der Waals surface area contributed by atoms with E-state index in [1.807, 2.05) is 13.1 Å². The largest absolute Gasteiger partial charge is 0.494 e. The van der Waals surface area contributed by atoms with E-state index in [9.17, 15) is 0 Å². The zero-order chi connectivity index (χ0) is 13.0. The van der Waals surface area contributed by atoms with E-state index in [1.165, 1.54) is 0 Å². The van der Waals surface area contributed by atoms with Crippen LogP contribution in [0.4, 0.5) is 0 Å². The lowest BCUT2D eigenvalue weighted by Gasteiger charge is -2.08. The highest BCUT2D eigenvalue weighted by molar-refractivity contribution is 7.14. The second kappa shape index (κ2) is 5.88. The van der Waals surface area contributed by atoms with E-state index in [0.717, 1.165) is 27.7 Å². The van der Waals surface area contributed by atoms with Crippen LogP contribution in [0.2, 0.25) is 0 Å². The number of pyridine rings is 1. The van der Waals surface area contributed by atoms with Gasteiger partial charge in [-0.2, -0.15) is 0 Å². The first-order chi connectivity index (χ1) is 8.80. The van der Waals surface area contributed by atoms with Crippen LogP contribution in [-0.2, 0) is 0 Å². The van der Waals surface area contributed by atoms with Gasteiger partial charge in [-0.15, -0.1) is 10.2 Å². The Morgan fingerprint density at radius 2 is 2.28 bits per heavy atom. The Kier molecular flexibility index (Phi) is 4.22. The summed E-state index contributed by atoms with van der Waals surface area (Å²) < 4.78 is 5.28. The van der Waals surface area contributed by atoms with E-state index in [4.69, 9.17) is 4.74 Å². The lowest BCUT2D eigenvalue weighted by atomic mass is 10.2. The molecule has 0 amide bonds. The molecule has 2 aromatic heterocycles. The van der Waals surface area contributed by atoms with Crippen LogP contribution >= 0.6 is 11.3 Å². The molecule has 0 aromatic carbocycles. The molecule has 96 valence electrons. The molecular weight excluding hydrogens is 248 g/mol. The number of nitrogens with zero attached hydrogens (tertiary/aromatic N) is 3. The highest BCUT2D eigenvalue weighted by atomic mass is 32.1. The molecule has 0 fully saturated rings. The molecular formula is C12H16N4OS. The Labute approximate surface area is 110 Å². The van der Waals surface area contributed by atoms with Crippen molar-refractivity contribution in [2.75, 3.05) is 14.2 Å². The van der Waals surface area contributed by atoms with Gasteiger partial charge in [0.15, 0.2) is 5.01 Å². The number of aromatic nitrogens is 3. The average Bonchev–Trinajstić information content (AvgIpc) is 2.89. The third kappa shape index (κ3) is 2.49. The van der Waals surface area contributed by atoms with Crippen LogP contribution in [0.3, 0.4) is 0 Å². The Bertz CT molecular complexity index is 510. The molecule has 0 bridgehead atoms. The Morgan fingerprint density at radius 3 is 2.94 bits per heavy atom. The van der Waals surface area contributed by atoms with E-state index < -0.39 is 0 Å². The molecule has 1 N–H and O–H groups in total. The number of rotatable bonds is 5. The van der Waals surface area contributed by atoms with Crippen molar-refractivity contribution in [2.24, 2.45) is 0 Å². The summed E-state index contributed by atoms with van der Waals surface area (Å²) in [5.41, 5.74) is 0.933. The summed E-state index contributed by atoms with van der Waals surface area (Å²) in [6, 6.07) is 2.15. The minimum absolute atomic E-state index is 0.254. The van der Waals surface area contributed by atoms with Crippen molar-refractivity contribution in [1.29, 1.82) is 0 Å². The normalized spacial score (nSPS) is 12.4. The Hall–Kier alpha value is -1.53. The fourth-order valence-electron chi connectivity index (χ4n) is 1.71. The van der Waals surface area contributed by atoms with Gasteiger partial charge in [-0.3, -0.25) is 4.98 Å². The smallest absolute Gasteiger partial charge is 0.151 e. The molecule has 0 aliphatic rings. The molecule has 0 spiro atoms. The predicted octanol–water partition coefficient (Wildman–Crippen LogP) is 2.28. The molecule has 2 rings (SSSR count). The summed E-state index contributed by atoms with van der Waals surface area (Å²) in [4.78, 5) is 4.04. The second-order valence-corrected chi connectivity index (χ2v) is 4.78. The summed E-state index contributed by atoms with van der Waals surface area (Å²) >= 11 is 1.58. The molecule has 0 aliphatic heterocycles. The summed E-state index contributed by atoms with van der Waals surface area (Å²) in [5, 5.41) is 13.6. The molecule has 6 heteroatoms. The quantitative estimate of drug-likeness (QED) is 0.897. The molecule has 5 nitrogen and oxygen atoms in total. The first-order valence-electron chi connectivity index (χ1n) is 5.79. The molecule has 1 atom stereocenters. The summed E-state index contributed by atoms with van der Waals surface area (Å²) in [7, 11) is 3.56. The molecule has 18 heavy (non-hydrogen) atoms. The second-order valence-electron chi connectivity index (χ2n) is 3.77. The highest BCUT2D eigenvalue weighted by Crippen LogP contribution is 2.33. The molecule has 2 aromatic rings. The minimum Gasteiger partial charge on any atom is -0.494 e. The van der Waals surface area contributed by atoms with Crippen LogP contribution in [0.5, 0.6) is 5.75 Å². The number of hydrogen-bond acceptors (Lipinski definition) is 6. The van der Waals surface area contributed by atoms with Crippen molar-refractivity contribution in [3.63, 3.8) is 0 Å². The lowest BCUT2D eigenvalue weighted by molar-refractivity contribution is 0.414. The molecule has 0 saturated heterocycles. The van der Waals surface area contributed by atoms with E-state index in [-0.39, 0.29) is 6.04 Å². The number of hydrogen-bond donors (Lipinski definition) is 1. The van der Waals surface area contributed by atoms with Gasteiger partial charge in [-0.25, -0.2) is 0 Å². The SMILES string of the molecule is CCC(NC)c1nnc(-c2ccncc2OC)s1. The maximum Gasteiger partial charge on any atom is 0.151 e. The van der Waals surface area contributed by atoms with Crippen LogP contribution in [0, 0.1) is 0 Å². The first kappa shape index (κ1) is 12.9. The maximum absolute atomic E-state index is 5.28. The van der Waals surface area contributed by atoms with Gasteiger partial charge < -0.3 is 10.1 Å². The zero-order valence-electron chi connectivity index (χ0n) is 10.7. The van der Waals surface area contributed by atoms with Crippen molar-refractivity contribution < 1.29 is 4.74 Å². The predicted molar refractivity (Wildman–Crippen MR) is 71.8 cm³/mol. The number of methoxy groups -OCH3 is 1. The Balaban J connectivity index is 2.34. The van der Waals surface area contributed by atoms with E-state index in [0.29, 0.717) is 0 Å². The molecule has 1 unspecified atom stereocenters. The van der Waals surface area contributed by atoms with Crippen molar-refractivity contribution in [3.8, 4) is 16.3 Å². The average molecular weight is 264 g/mol. The van der Waals surface area contributed by atoms with Crippen LogP contribution in [0.1, 0.15) is 24.4 Å². The summed E-state index contributed by atoms with van der Waals surface area (Å²) in [6.07, 6.45) is 4.40. The molecule has 0 radical (unpaired) electrons. The topological polar surface area (TPSA) is 59.9 Å². The number of nitrogens with one attached hydrogen (secondary N) is 1. The Morgan fingerprint density at radius 1 is 1.44 bits per heavy atom. The van der Waals surface area contributed by atoms with Gasteiger partial charge in [0.1, 0.15) is 10.8 Å². The first-order valence-corrected chi connectivity index (χ1v) is 6.60. The van der Waals surface area contributed by atoms with Gasteiger partial charge in [-0.05, 0) is 19.5 Å². The van der Waals surface area contributed by atoms with Gasteiger partial charge in [0.2, 0.25) is 0 Å². The zero-order valence-corrected chi connectivity index (χ0v) is 11.5. The highest BCUT2D eigenvalue weighted by Gasteiger charge is 2.16. The molecule has 0 saturated carbocycles. The van der Waals surface area contributed by atoms with Crippen molar-refractivity contribution in [2.45, 2.75) is 19.4 Å². The molecule has 2 heterocycles. The van der Waals surface area contributed by atoms with Crippen LogP contribution < -0.4 is 10.1 Å². The van der Waals surface area contributed by atoms with Gasteiger partial charge in [0, 0.05) is 6.20 Å². The van der Waals surface area contributed by atoms with Crippen molar-refractivity contribution in [1.82, 2.24) is 20.5 Å². The van der Waals surface area contributed by atoms with Gasteiger partial charge in [-0.1, -0.05) is 18.3 Å². The maximum atomic E-state index is 5.28. The standard InChI is InChI=1S/C12H16N4OS/c1-4-9(13-2)12-16-15-11(18-12)8-5-6-14-7-10(8)17-3/h5-7,9,13H,4H2,1-3H3. The minimum atomic E-state index is 0.254.